The molecule has 2 fully saturated rings. The molecule has 0 spiro atoms. The van der Waals surface area contributed by atoms with E-state index in [-0.39, 0.29) is 63.2 Å². The average molecular weight is 595 g/mol. The van der Waals surface area contributed by atoms with E-state index in [1.807, 2.05) is 29.2 Å². The van der Waals surface area contributed by atoms with E-state index < -0.39 is 41.0 Å². The molecule has 3 heterocycles. The number of amides is 2. The van der Waals surface area contributed by atoms with Crippen molar-refractivity contribution in [2.45, 2.75) is 37.7 Å². The van der Waals surface area contributed by atoms with Gasteiger partial charge in [0.25, 0.3) is 5.91 Å². The Hall–Kier alpha value is -3.87. The first-order valence-electron chi connectivity index (χ1n) is 13.5. The number of nitrogens with zero attached hydrogens (tertiary/aromatic N) is 3. The number of hydrogen-bond donors (Lipinski definition) is 1. The van der Waals surface area contributed by atoms with Crippen LogP contribution in [0, 0.1) is 0 Å². The summed E-state index contributed by atoms with van der Waals surface area (Å²) in [4.78, 5) is 46.0. The van der Waals surface area contributed by atoms with Crippen molar-refractivity contribution in [1.29, 1.82) is 0 Å². The standard InChI is InChI=1S/C29H28F6N4O3/c30-28(31,32)20-11-18(12-21(14-20)29(33,34)35)27(42)39-10-9-37(17-26(41)38-7-5-23(40)6-8-38)16-22(39)13-19-15-36-25-4-2-1-3-24(19)25/h1-4,11-12,14-15,22,36H,5-10,13,16-17H2/t22-/m1/s1. The molecule has 224 valence electrons. The molecule has 1 N–H and O–H groups in total. The van der Waals surface area contributed by atoms with E-state index in [9.17, 15) is 40.7 Å². The summed E-state index contributed by atoms with van der Waals surface area (Å²) in [5, 5.41) is 0.870. The molecule has 0 unspecified atom stereocenters. The van der Waals surface area contributed by atoms with Gasteiger partial charge in [-0.25, -0.2) is 0 Å². The van der Waals surface area contributed by atoms with E-state index in [2.05, 4.69) is 4.98 Å². The van der Waals surface area contributed by atoms with Gasteiger partial charge < -0.3 is 14.8 Å². The maximum atomic E-state index is 13.6. The summed E-state index contributed by atoms with van der Waals surface area (Å²) < 4.78 is 81.1. The number of carbonyl (C=O) groups is 3. The molecule has 5 rings (SSSR count). The molecule has 2 aliphatic heterocycles. The van der Waals surface area contributed by atoms with Crippen molar-refractivity contribution in [1.82, 2.24) is 19.7 Å². The summed E-state index contributed by atoms with van der Waals surface area (Å²) in [6.07, 6.45) is -7.59. The number of nitrogens with one attached hydrogen (secondary N) is 1. The fourth-order valence-corrected chi connectivity index (χ4v) is 5.60. The molecule has 0 aliphatic carbocycles. The zero-order chi connectivity index (χ0) is 30.2. The van der Waals surface area contributed by atoms with Crippen LogP contribution in [0.2, 0.25) is 0 Å². The SMILES string of the molecule is O=C1CCN(C(=O)CN2CCN(C(=O)c3cc(C(F)(F)F)cc(C(F)(F)F)c3)[C@H](Cc3c[nH]c4ccccc34)C2)CC1. The van der Waals surface area contributed by atoms with Crippen molar-refractivity contribution >= 4 is 28.5 Å². The maximum absolute atomic E-state index is 13.6. The molecule has 13 heteroatoms. The van der Waals surface area contributed by atoms with Crippen LogP contribution in [0.4, 0.5) is 26.3 Å². The van der Waals surface area contributed by atoms with E-state index in [0.29, 0.717) is 25.2 Å². The number of rotatable bonds is 5. The number of Topliss-reactive ketones (excluding diaryl/α,β-unsaturated/α-hetero) is 1. The van der Waals surface area contributed by atoms with E-state index in [1.54, 1.807) is 11.1 Å². The third-order valence-electron chi connectivity index (χ3n) is 7.83. The van der Waals surface area contributed by atoms with Gasteiger partial charge in [0.1, 0.15) is 5.78 Å². The summed E-state index contributed by atoms with van der Waals surface area (Å²) in [5.74, 6) is -1.04. The van der Waals surface area contributed by atoms with E-state index in [1.165, 1.54) is 4.90 Å². The predicted molar refractivity (Wildman–Crippen MR) is 141 cm³/mol. The summed E-state index contributed by atoms with van der Waals surface area (Å²) in [5.41, 5.74) is -2.17. The second kappa shape index (κ2) is 11.4. The molecule has 2 saturated heterocycles. The van der Waals surface area contributed by atoms with Crippen LogP contribution in [0.3, 0.4) is 0 Å². The second-order valence-corrected chi connectivity index (χ2v) is 10.7. The molecule has 0 bridgehead atoms. The zero-order valence-corrected chi connectivity index (χ0v) is 22.4. The molecule has 1 atom stereocenters. The van der Waals surface area contributed by atoms with Crippen LogP contribution in [0.15, 0.2) is 48.7 Å². The van der Waals surface area contributed by atoms with Crippen molar-refractivity contribution in [3.8, 4) is 0 Å². The smallest absolute Gasteiger partial charge is 0.361 e. The summed E-state index contributed by atoms with van der Waals surface area (Å²) in [6, 6.07) is 7.66. The lowest BCUT2D eigenvalue weighted by Gasteiger charge is -2.42. The number of piperidine rings is 1. The van der Waals surface area contributed by atoms with Crippen LogP contribution < -0.4 is 0 Å². The van der Waals surface area contributed by atoms with Crippen molar-refractivity contribution in [2.75, 3.05) is 39.3 Å². The number of H-pyrrole nitrogens is 1. The number of likely N-dealkylation sites (tertiary alicyclic amines) is 1. The number of para-hydroxylation sites is 1. The lowest BCUT2D eigenvalue weighted by atomic mass is 9.98. The highest BCUT2D eigenvalue weighted by Gasteiger charge is 2.39. The van der Waals surface area contributed by atoms with Crippen molar-refractivity contribution in [3.63, 3.8) is 0 Å². The molecule has 1 aromatic heterocycles. The fraction of sp³-hybridized carbons (Fsp3) is 0.414. The van der Waals surface area contributed by atoms with E-state index in [0.717, 1.165) is 16.5 Å². The molecule has 7 nitrogen and oxygen atoms in total. The number of aromatic nitrogens is 1. The third-order valence-corrected chi connectivity index (χ3v) is 7.83. The average Bonchev–Trinajstić information content (AvgIpc) is 3.34. The minimum atomic E-state index is -5.09. The maximum Gasteiger partial charge on any atom is 0.416 e. The Morgan fingerprint density at radius 2 is 1.52 bits per heavy atom. The largest absolute Gasteiger partial charge is 0.416 e. The van der Waals surface area contributed by atoms with Gasteiger partial charge in [0.05, 0.1) is 17.7 Å². The van der Waals surface area contributed by atoms with Crippen LogP contribution >= 0.6 is 0 Å². The Balaban J connectivity index is 1.43. The van der Waals surface area contributed by atoms with Crippen LogP contribution in [0.1, 0.15) is 39.9 Å². The number of hydrogen-bond acceptors (Lipinski definition) is 4. The first-order chi connectivity index (χ1) is 19.8. The zero-order valence-electron chi connectivity index (χ0n) is 22.4. The molecule has 2 aromatic carbocycles. The fourth-order valence-electron chi connectivity index (χ4n) is 5.60. The topological polar surface area (TPSA) is 76.7 Å². The van der Waals surface area contributed by atoms with Crippen LogP contribution in [-0.2, 0) is 28.4 Å². The van der Waals surface area contributed by atoms with Gasteiger partial charge in [-0.2, -0.15) is 26.3 Å². The molecule has 3 aromatic rings. The van der Waals surface area contributed by atoms with Gasteiger partial charge in [-0.1, -0.05) is 18.2 Å². The van der Waals surface area contributed by atoms with Crippen molar-refractivity contribution in [2.24, 2.45) is 0 Å². The molecular weight excluding hydrogens is 566 g/mol. The van der Waals surface area contributed by atoms with Gasteiger partial charge in [-0.05, 0) is 36.2 Å². The Morgan fingerprint density at radius 1 is 0.881 bits per heavy atom. The highest BCUT2D eigenvalue weighted by molar-refractivity contribution is 5.95. The Labute approximate surface area is 237 Å². The number of fused-ring (bicyclic) bond motifs is 1. The number of piperazine rings is 1. The quantitative estimate of drug-likeness (QED) is 0.432. The van der Waals surface area contributed by atoms with E-state index >= 15 is 0 Å². The summed E-state index contributed by atoms with van der Waals surface area (Å²) in [7, 11) is 0. The van der Waals surface area contributed by atoms with Gasteiger partial charge in [0.2, 0.25) is 5.91 Å². The molecule has 0 radical (unpaired) electrons. The van der Waals surface area contributed by atoms with Crippen LogP contribution in [0.25, 0.3) is 10.9 Å². The Bertz CT molecular complexity index is 1460. The Kier molecular flexibility index (Phi) is 8.06. The summed E-state index contributed by atoms with van der Waals surface area (Å²) in [6.45, 7) is 1.03. The number of carbonyl (C=O) groups excluding carboxylic acids is 3. The highest BCUT2D eigenvalue weighted by atomic mass is 19.4. The van der Waals surface area contributed by atoms with Gasteiger partial charge >= 0.3 is 12.4 Å². The van der Waals surface area contributed by atoms with Gasteiger partial charge in [0.15, 0.2) is 0 Å². The monoisotopic (exact) mass is 594 g/mol. The summed E-state index contributed by atoms with van der Waals surface area (Å²) >= 11 is 0. The molecule has 2 amide bonds. The van der Waals surface area contributed by atoms with Crippen molar-refractivity contribution in [3.05, 3.63) is 70.9 Å². The number of aromatic amines is 1. The second-order valence-electron chi connectivity index (χ2n) is 10.7. The lowest BCUT2D eigenvalue weighted by Crippen LogP contribution is -2.57. The third kappa shape index (κ3) is 6.45. The van der Waals surface area contributed by atoms with Crippen LogP contribution in [0.5, 0.6) is 0 Å². The minimum Gasteiger partial charge on any atom is -0.361 e. The Morgan fingerprint density at radius 3 is 2.17 bits per heavy atom. The molecule has 0 saturated carbocycles. The number of halogens is 6. The number of benzene rings is 2. The predicted octanol–water partition coefficient (Wildman–Crippen LogP) is 4.77. The molecule has 2 aliphatic rings. The minimum absolute atomic E-state index is 0.00207. The van der Waals surface area contributed by atoms with Gasteiger partial charge in [0, 0.05) is 74.3 Å². The molecule has 42 heavy (non-hydrogen) atoms. The van der Waals surface area contributed by atoms with Crippen molar-refractivity contribution < 1.29 is 40.7 Å². The normalized spacial score (nSPS) is 19.0. The highest BCUT2D eigenvalue weighted by Crippen LogP contribution is 2.37. The van der Waals surface area contributed by atoms with E-state index in [4.69, 9.17) is 0 Å². The molecular formula is C29H28F6N4O3. The van der Waals surface area contributed by atoms with Gasteiger partial charge in [-0.15, -0.1) is 0 Å². The van der Waals surface area contributed by atoms with Gasteiger partial charge in [-0.3, -0.25) is 19.3 Å². The lowest BCUT2D eigenvalue weighted by molar-refractivity contribution is -0.143. The number of alkyl halides is 6. The first kappa shape index (κ1) is 29.6. The van der Waals surface area contributed by atoms with Crippen LogP contribution in [-0.4, -0.2) is 82.6 Å². The first-order valence-corrected chi connectivity index (χ1v) is 13.5. The number of ketones is 1.